The standard InChI is InChI=1S/C18H15F2NO2/c1-23-18(22)10-16(12-5-7-14(19)8-6-12)17(11-21)13-3-2-4-15(20)9-13/h2-9,16-17H,10H2,1H3. The number of carbonyl (C=O) groups is 1. The second-order valence-corrected chi connectivity index (χ2v) is 5.10. The summed E-state index contributed by atoms with van der Waals surface area (Å²) in [5.74, 6) is -2.68. The Kier molecular flexibility index (Phi) is 5.42. The molecule has 0 fully saturated rings. The van der Waals surface area contributed by atoms with E-state index in [-0.39, 0.29) is 6.42 Å². The van der Waals surface area contributed by atoms with Crippen LogP contribution in [0, 0.1) is 23.0 Å². The van der Waals surface area contributed by atoms with Gasteiger partial charge in [-0.05, 0) is 35.4 Å². The number of esters is 1. The van der Waals surface area contributed by atoms with Gasteiger partial charge in [-0.1, -0.05) is 24.3 Å². The highest BCUT2D eigenvalue weighted by Crippen LogP contribution is 2.36. The Morgan fingerprint density at radius 2 is 1.83 bits per heavy atom. The van der Waals surface area contributed by atoms with E-state index in [1.54, 1.807) is 6.07 Å². The van der Waals surface area contributed by atoms with Gasteiger partial charge >= 0.3 is 5.97 Å². The Labute approximate surface area is 133 Å². The molecule has 118 valence electrons. The molecule has 0 N–H and O–H groups in total. The van der Waals surface area contributed by atoms with Gasteiger partial charge in [-0.15, -0.1) is 0 Å². The first-order valence-corrected chi connectivity index (χ1v) is 7.02. The van der Waals surface area contributed by atoms with Gasteiger partial charge in [0.25, 0.3) is 0 Å². The van der Waals surface area contributed by atoms with Crippen LogP contribution in [-0.4, -0.2) is 13.1 Å². The molecule has 0 heterocycles. The fraction of sp³-hybridized carbons (Fsp3) is 0.222. The number of ether oxygens (including phenoxy) is 1. The molecule has 0 aliphatic rings. The Bertz CT molecular complexity index is 723. The quantitative estimate of drug-likeness (QED) is 0.786. The van der Waals surface area contributed by atoms with Crippen LogP contribution >= 0.6 is 0 Å². The SMILES string of the molecule is COC(=O)CC(c1ccc(F)cc1)C(C#N)c1cccc(F)c1. The second-order valence-electron chi connectivity index (χ2n) is 5.10. The van der Waals surface area contributed by atoms with Crippen molar-refractivity contribution in [2.45, 2.75) is 18.3 Å². The maximum absolute atomic E-state index is 13.5. The summed E-state index contributed by atoms with van der Waals surface area (Å²) in [4.78, 5) is 11.7. The third-order valence-electron chi connectivity index (χ3n) is 3.66. The molecule has 23 heavy (non-hydrogen) atoms. The molecule has 0 radical (unpaired) electrons. The summed E-state index contributed by atoms with van der Waals surface area (Å²) < 4.78 is 31.3. The molecule has 3 nitrogen and oxygen atoms in total. The van der Waals surface area contributed by atoms with E-state index in [4.69, 9.17) is 0 Å². The van der Waals surface area contributed by atoms with E-state index in [1.807, 2.05) is 0 Å². The lowest BCUT2D eigenvalue weighted by Crippen LogP contribution is -2.16. The van der Waals surface area contributed by atoms with E-state index >= 15 is 0 Å². The highest BCUT2D eigenvalue weighted by molar-refractivity contribution is 5.70. The van der Waals surface area contributed by atoms with Crippen molar-refractivity contribution in [1.82, 2.24) is 0 Å². The minimum Gasteiger partial charge on any atom is -0.469 e. The largest absolute Gasteiger partial charge is 0.469 e. The van der Waals surface area contributed by atoms with E-state index in [9.17, 15) is 18.8 Å². The van der Waals surface area contributed by atoms with Crippen molar-refractivity contribution < 1.29 is 18.3 Å². The highest BCUT2D eigenvalue weighted by atomic mass is 19.1. The van der Waals surface area contributed by atoms with E-state index in [0.29, 0.717) is 11.1 Å². The fourth-order valence-electron chi connectivity index (χ4n) is 2.50. The number of nitriles is 1. The van der Waals surface area contributed by atoms with Gasteiger partial charge in [0.15, 0.2) is 0 Å². The van der Waals surface area contributed by atoms with Crippen molar-refractivity contribution in [2.75, 3.05) is 7.11 Å². The molecule has 2 rings (SSSR count). The second kappa shape index (κ2) is 7.50. The van der Waals surface area contributed by atoms with Crippen LogP contribution < -0.4 is 0 Å². The normalized spacial score (nSPS) is 13.0. The lowest BCUT2D eigenvalue weighted by molar-refractivity contribution is -0.141. The number of methoxy groups -OCH3 is 1. The van der Waals surface area contributed by atoms with Crippen molar-refractivity contribution >= 4 is 5.97 Å². The number of carbonyl (C=O) groups excluding carboxylic acids is 1. The van der Waals surface area contributed by atoms with Crippen LogP contribution in [0.15, 0.2) is 48.5 Å². The number of hydrogen-bond donors (Lipinski definition) is 0. The summed E-state index contributed by atoms with van der Waals surface area (Å²) in [6, 6.07) is 13.4. The van der Waals surface area contributed by atoms with Crippen LogP contribution in [0.4, 0.5) is 8.78 Å². The molecule has 2 aromatic carbocycles. The van der Waals surface area contributed by atoms with Crippen molar-refractivity contribution in [3.63, 3.8) is 0 Å². The van der Waals surface area contributed by atoms with Crippen molar-refractivity contribution in [1.29, 1.82) is 5.26 Å². The Balaban J connectivity index is 2.44. The molecule has 0 saturated carbocycles. The molecule has 2 aromatic rings. The average Bonchev–Trinajstić information content (AvgIpc) is 2.55. The first-order chi connectivity index (χ1) is 11.0. The van der Waals surface area contributed by atoms with E-state index in [0.717, 1.165) is 0 Å². The Morgan fingerprint density at radius 3 is 2.39 bits per heavy atom. The minimum absolute atomic E-state index is 0.0587. The number of halogens is 2. The number of hydrogen-bond acceptors (Lipinski definition) is 3. The molecular weight excluding hydrogens is 300 g/mol. The molecule has 0 bridgehead atoms. The van der Waals surface area contributed by atoms with Crippen LogP contribution in [0.1, 0.15) is 29.4 Å². The van der Waals surface area contributed by atoms with Crippen molar-refractivity contribution in [3.05, 3.63) is 71.3 Å². The van der Waals surface area contributed by atoms with Gasteiger partial charge in [-0.2, -0.15) is 5.26 Å². The van der Waals surface area contributed by atoms with E-state index in [1.165, 1.54) is 49.6 Å². The zero-order chi connectivity index (χ0) is 16.8. The minimum atomic E-state index is -0.754. The predicted octanol–water partition coefficient (Wildman–Crippen LogP) is 3.92. The smallest absolute Gasteiger partial charge is 0.306 e. The molecule has 0 aliphatic heterocycles. The van der Waals surface area contributed by atoms with Crippen LogP contribution in [0.25, 0.3) is 0 Å². The molecule has 0 aromatic heterocycles. The summed E-state index contributed by atoms with van der Waals surface area (Å²) in [6.45, 7) is 0. The van der Waals surface area contributed by atoms with Crippen molar-refractivity contribution in [2.24, 2.45) is 0 Å². The zero-order valence-corrected chi connectivity index (χ0v) is 12.5. The lowest BCUT2D eigenvalue weighted by Gasteiger charge is -2.22. The summed E-state index contributed by atoms with van der Waals surface area (Å²) in [5.41, 5.74) is 1.08. The van der Waals surface area contributed by atoms with Gasteiger partial charge in [-0.3, -0.25) is 4.79 Å². The molecule has 5 heteroatoms. The van der Waals surface area contributed by atoms with Crippen LogP contribution in [0.5, 0.6) is 0 Å². The molecule has 2 atom stereocenters. The van der Waals surface area contributed by atoms with Gasteiger partial charge in [0.05, 0.1) is 25.5 Å². The molecule has 2 unspecified atom stereocenters. The Morgan fingerprint density at radius 1 is 1.13 bits per heavy atom. The first kappa shape index (κ1) is 16.6. The van der Waals surface area contributed by atoms with E-state index < -0.39 is 29.4 Å². The molecule has 0 amide bonds. The fourth-order valence-corrected chi connectivity index (χ4v) is 2.50. The van der Waals surface area contributed by atoms with E-state index in [2.05, 4.69) is 10.8 Å². The summed E-state index contributed by atoms with van der Waals surface area (Å²) in [6.07, 6.45) is -0.0587. The highest BCUT2D eigenvalue weighted by Gasteiger charge is 2.28. The summed E-state index contributed by atoms with van der Waals surface area (Å²) in [5, 5.41) is 9.54. The van der Waals surface area contributed by atoms with Crippen LogP contribution in [0.2, 0.25) is 0 Å². The van der Waals surface area contributed by atoms with Gasteiger partial charge in [-0.25, -0.2) is 8.78 Å². The van der Waals surface area contributed by atoms with Crippen molar-refractivity contribution in [3.8, 4) is 6.07 Å². The van der Waals surface area contributed by atoms with Gasteiger partial charge in [0, 0.05) is 5.92 Å². The number of benzene rings is 2. The topological polar surface area (TPSA) is 50.1 Å². The number of nitrogens with zero attached hydrogens (tertiary/aromatic N) is 1. The summed E-state index contributed by atoms with van der Waals surface area (Å²) in [7, 11) is 1.26. The summed E-state index contributed by atoms with van der Waals surface area (Å²) >= 11 is 0. The monoisotopic (exact) mass is 315 g/mol. The molecule has 0 spiro atoms. The van der Waals surface area contributed by atoms with Gasteiger partial charge in [0.1, 0.15) is 11.6 Å². The molecule has 0 aliphatic carbocycles. The lowest BCUT2D eigenvalue weighted by atomic mass is 9.80. The molecular formula is C18H15F2NO2. The van der Waals surface area contributed by atoms with Gasteiger partial charge in [0.2, 0.25) is 0 Å². The first-order valence-electron chi connectivity index (χ1n) is 7.02. The Hall–Kier alpha value is -2.74. The van der Waals surface area contributed by atoms with Gasteiger partial charge < -0.3 is 4.74 Å². The average molecular weight is 315 g/mol. The molecule has 0 saturated heterocycles. The van der Waals surface area contributed by atoms with Crippen LogP contribution in [0.3, 0.4) is 0 Å². The maximum atomic E-state index is 13.5. The number of rotatable bonds is 5. The third kappa shape index (κ3) is 4.13. The van der Waals surface area contributed by atoms with Crippen LogP contribution in [-0.2, 0) is 9.53 Å². The third-order valence-corrected chi connectivity index (χ3v) is 3.66. The maximum Gasteiger partial charge on any atom is 0.306 e. The zero-order valence-electron chi connectivity index (χ0n) is 12.5. The predicted molar refractivity (Wildman–Crippen MR) is 80.5 cm³/mol.